The van der Waals surface area contributed by atoms with Crippen LogP contribution in [0.5, 0.6) is 0 Å². The number of nitrogens with zero attached hydrogens (tertiary/aromatic N) is 1. The lowest BCUT2D eigenvalue weighted by Crippen LogP contribution is -2.24. The van der Waals surface area contributed by atoms with E-state index in [1.807, 2.05) is 11.4 Å². The van der Waals surface area contributed by atoms with Crippen molar-refractivity contribution in [3.8, 4) is 0 Å². The van der Waals surface area contributed by atoms with Gasteiger partial charge in [0, 0.05) is 18.1 Å². The molecule has 0 aliphatic rings. The molecular formula is C13H13FN2OS2. The number of thioether (sulfide) groups is 1. The van der Waals surface area contributed by atoms with Crippen LogP contribution in [0.4, 0.5) is 4.39 Å². The molecule has 0 aliphatic carbocycles. The van der Waals surface area contributed by atoms with Crippen molar-refractivity contribution < 1.29 is 9.18 Å². The van der Waals surface area contributed by atoms with Crippen LogP contribution in [-0.2, 0) is 11.3 Å². The second-order valence-electron chi connectivity index (χ2n) is 3.95. The van der Waals surface area contributed by atoms with Gasteiger partial charge in [0.1, 0.15) is 10.2 Å². The van der Waals surface area contributed by atoms with Crippen LogP contribution < -0.4 is 5.32 Å². The Morgan fingerprint density at radius 2 is 2.37 bits per heavy atom. The third-order valence-electron chi connectivity index (χ3n) is 2.46. The van der Waals surface area contributed by atoms with E-state index in [0.717, 1.165) is 9.90 Å². The number of carbonyl (C=O) groups is 1. The Hall–Kier alpha value is -1.40. The normalized spacial score (nSPS) is 10.4. The Balaban J connectivity index is 1.78. The van der Waals surface area contributed by atoms with Gasteiger partial charge in [-0.05, 0) is 24.1 Å². The number of benzene rings is 1. The van der Waals surface area contributed by atoms with Crippen LogP contribution in [-0.4, -0.2) is 16.6 Å². The van der Waals surface area contributed by atoms with Crippen molar-refractivity contribution in [2.75, 3.05) is 5.75 Å². The smallest absolute Gasteiger partial charge is 0.230 e. The third-order valence-corrected chi connectivity index (χ3v) is 4.43. The zero-order valence-electron chi connectivity index (χ0n) is 10.4. The number of amides is 1. The van der Waals surface area contributed by atoms with E-state index in [2.05, 4.69) is 10.3 Å². The summed E-state index contributed by atoms with van der Waals surface area (Å²) in [5, 5.41) is 4.63. The minimum Gasteiger partial charge on any atom is -0.351 e. The van der Waals surface area contributed by atoms with E-state index in [-0.39, 0.29) is 11.7 Å². The van der Waals surface area contributed by atoms with E-state index in [1.54, 1.807) is 19.2 Å². The first-order valence-electron chi connectivity index (χ1n) is 5.69. The fourth-order valence-corrected chi connectivity index (χ4v) is 2.87. The summed E-state index contributed by atoms with van der Waals surface area (Å²) in [5.74, 6) is -0.00733. The summed E-state index contributed by atoms with van der Waals surface area (Å²) in [4.78, 5) is 15.7. The monoisotopic (exact) mass is 296 g/mol. The van der Waals surface area contributed by atoms with Crippen LogP contribution in [0.25, 0.3) is 0 Å². The topological polar surface area (TPSA) is 42.0 Å². The molecule has 1 amide bonds. The van der Waals surface area contributed by atoms with Gasteiger partial charge < -0.3 is 5.32 Å². The van der Waals surface area contributed by atoms with Crippen LogP contribution >= 0.6 is 23.1 Å². The van der Waals surface area contributed by atoms with Gasteiger partial charge in [0.15, 0.2) is 0 Å². The molecule has 1 aromatic carbocycles. The maximum Gasteiger partial charge on any atom is 0.230 e. The minimum absolute atomic E-state index is 0.0822. The predicted molar refractivity (Wildman–Crippen MR) is 75.8 cm³/mol. The molecule has 100 valence electrons. The number of hydrogen-bond donors (Lipinski definition) is 1. The number of rotatable bonds is 5. The summed E-state index contributed by atoms with van der Waals surface area (Å²) < 4.78 is 14.2. The molecule has 0 spiro atoms. The first-order chi connectivity index (χ1) is 9.15. The SMILES string of the molecule is Cc1ccc(CNC(=O)CSc2nccs2)cc1F. The highest BCUT2D eigenvalue weighted by Crippen LogP contribution is 2.19. The Morgan fingerprint density at radius 3 is 3.05 bits per heavy atom. The molecule has 0 saturated heterocycles. The molecule has 0 radical (unpaired) electrons. The molecule has 1 aromatic heterocycles. The fourth-order valence-electron chi connectivity index (χ4n) is 1.41. The maximum atomic E-state index is 13.3. The van der Waals surface area contributed by atoms with Crippen LogP contribution in [0, 0.1) is 12.7 Å². The number of aryl methyl sites for hydroxylation is 1. The first kappa shape index (κ1) is 14.0. The van der Waals surface area contributed by atoms with Crippen molar-refractivity contribution in [3.05, 3.63) is 46.7 Å². The second kappa shape index (κ2) is 6.68. The molecular weight excluding hydrogens is 283 g/mol. The van der Waals surface area contributed by atoms with Crippen LogP contribution in [0.1, 0.15) is 11.1 Å². The zero-order valence-corrected chi connectivity index (χ0v) is 12.0. The standard InChI is InChI=1S/C13H13FN2OS2/c1-9-2-3-10(6-11(9)14)7-16-12(17)8-19-13-15-4-5-18-13/h2-6H,7-8H2,1H3,(H,16,17). The van der Waals surface area contributed by atoms with Gasteiger partial charge >= 0.3 is 0 Å². The Bertz CT molecular complexity index is 558. The molecule has 0 unspecified atom stereocenters. The maximum absolute atomic E-state index is 13.3. The van der Waals surface area contributed by atoms with Crippen LogP contribution in [0.3, 0.4) is 0 Å². The molecule has 0 atom stereocenters. The molecule has 1 heterocycles. The summed E-state index contributed by atoms with van der Waals surface area (Å²) in [6.45, 7) is 2.05. The van der Waals surface area contributed by atoms with Gasteiger partial charge in [0.2, 0.25) is 5.91 Å². The Kier molecular flexibility index (Phi) is 4.93. The predicted octanol–water partition coefficient (Wildman–Crippen LogP) is 3.00. The molecule has 2 aromatic rings. The number of aromatic nitrogens is 1. The summed E-state index contributed by atoms with van der Waals surface area (Å²) in [6.07, 6.45) is 1.71. The van der Waals surface area contributed by atoms with Gasteiger partial charge in [0.25, 0.3) is 0 Å². The molecule has 1 N–H and O–H groups in total. The Labute approximate surface area is 119 Å². The minimum atomic E-state index is -0.246. The van der Waals surface area contributed by atoms with Crippen molar-refractivity contribution in [1.29, 1.82) is 0 Å². The van der Waals surface area contributed by atoms with Crippen LogP contribution in [0.2, 0.25) is 0 Å². The molecule has 0 bridgehead atoms. The second-order valence-corrected chi connectivity index (χ2v) is 6.06. The van der Waals surface area contributed by atoms with Crippen LogP contribution in [0.15, 0.2) is 34.1 Å². The number of halogens is 1. The summed E-state index contributed by atoms with van der Waals surface area (Å²) in [7, 11) is 0. The summed E-state index contributed by atoms with van der Waals surface area (Å²) >= 11 is 2.90. The molecule has 19 heavy (non-hydrogen) atoms. The zero-order chi connectivity index (χ0) is 13.7. The highest BCUT2D eigenvalue weighted by Gasteiger charge is 2.05. The Morgan fingerprint density at radius 1 is 1.53 bits per heavy atom. The number of hydrogen-bond acceptors (Lipinski definition) is 4. The summed E-state index contributed by atoms with van der Waals surface area (Å²) in [5.41, 5.74) is 1.37. The average molecular weight is 296 g/mol. The van der Waals surface area contributed by atoms with E-state index in [1.165, 1.54) is 29.2 Å². The number of carbonyl (C=O) groups excluding carboxylic acids is 1. The van der Waals surface area contributed by atoms with E-state index in [0.29, 0.717) is 17.9 Å². The lowest BCUT2D eigenvalue weighted by atomic mass is 10.1. The van der Waals surface area contributed by atoms with Crippen molar-refractivity contribution in [3.63, 3.8) is 0 Å². The van der Waals surface area contributed by atoms with Crippen molar-refractivity contribution in [2.45, 2.75) is 17.8 Å². The van der Waals surface area contributed by atoms with Gasteiger partial charge in [-0.3, -0.25) is 4.79 Å². The number of thiazole rings is 1. The van der Waals surface area contributed by atoms with Gasteiger partial charge in [-0.25, -0.2) is 9.37 Å². The third kappa shape index (κ3) is 4.33. The van der Waals surface area contributed by atoms with Crippen molar-refractivity contribution in [1.82, 2.24) is 10.3 Å². The number of nitrogens with one attached hydrogen (secondary N) is 1. The highest BCUT2D eigenvalue weighted by molar-refractivity contribution is 8.01. The van der Waals surface area contributed by atoms with Gasteiger partial charge in [-0.15, -0.1) is 11.3 Å². The lowest BCUT2D eigenvalue weighted by molar-refractivity contribution is -0.118. The molecule has 2 rings (SSSR count). The van der Waals surface area contributed by atoms with Gasteiger partial charge in [-0.2, -0.15) is 0 Å². The molecule has 0 saturated carbocycles. The molecule has 6 heteroatoms. The van der Waals surface area contributed by atoms with Gasteiger partial charge in [-0.1, -0.05) is 23.9 Å². The molecule has 0 fully saturated rings. The van der Waals surface area contributed by atoms with E-state index < -0.39 is 0 Å². The van der Waals surface area contributed by atoms with Gasteiger partial charge in [0.05, 0.1) is 5.75 Å². The fraction of sp³-hybridized carbons (Fsp3) is 0.231. The highest BCUT2D eigenvalue weighted by atomic mass is 32.2. The summed E-state index contributed by atoms with van der Waals surface area (Å²) in [6, 6.07) is 4.97. The average Bonchev–Trinajstić information content (AvgIpc) is 2.91. The van der Waals surface area contributed by atoms with E-state index in [4.69, 9.17) is 0 Å². The largest absolute Gasteiger partial charge is 0.351 e. The van der Waals surface area contributed by atoms with Crippen molar-refractivity contribution in [2.24, 2.45) is 0 Å². The molecule has 3 nitrogen and oxygen atoms in total. The lowest BCUT2D eigenvalue weighted by Gasteiger charge is -2.05. The first-order valence-corrected chi connectivity index (χ1v) is 7.55. The van der Waals surface area contributed by atoms with E-state index >= 15 is 0 Å². The van der Waals surface area contributed by atoms with E-state index in [9.17, 15) is 9.18 Å². The quantitative estimate of drug-likeness (QED) is 0.862. The molecule has 0 aliphatic heterocycles. The van der Waals surface area contributed by atoms with Crippen molar-refractivity contribution >= 4 is 29.0 Å².